The van der Waals surface area contributed by atoms with E-state index in [-0.39, 0.29) is 18.0 Å². The summed E-state index contributed by atoms with van der Waals surface area (Å²) in [5.74, 6) is 1.04. The fraction of sp³-hybridized carbons (Fsp3) is 0.615. The van der Waals surface area contributed by atoms with Crippen LogP contribution < -0.4 is 5.73 Å². The van der Waals surface area contributed by atoms with Gasteiger partial charge in [0, 0.05) is 19.0 Å². The first-order chi connectivity index (χ1) is 8.15. The van der Waals surface area contributed by atoms with E-state index < -0.39 is 0 Å². The molecular formula is C13H20N2O2. The van der Waals surface area contributed by atoms with Crippen molar-refractivity contribution < 1.29 is 9.21 Å². The maximum atomic E-state index is 12.0. The molecule has 0 spiro atoms. The number of furan rings is 1. The van der Waals surface area contributed by atoms with Crippen LogP contribution >= 0.6 is 0 Å². The molecule has 1 saturated heterocycles. The van der Waals surface area contributed by atoms with Crippen molar-refractivity contribution in [3.05, 3.63) is 23.7 Å². The van der Waals surface area contributed by atoms with E-state index in [1.807, 2.05) is 17.9 Å². The summed E-state index contributed by atoms with van der Waals surface area (Å²) in [7, 11) is 0. The normalized spacial score (nSPS) is 25.4. The van der Waals surface area contributed by atoms with Gasteiger partial charge < -0.3 is 15.1 Å². The van der Waals surface area contributed by atoms with Gasteiger partial charge >= 0.3 is 0 Å². The number of rotatable bonds is 3. The van der Waals surface area contributed by atoms with Gasteiger partial charge in [0.05, 0.1) is 6.26 Å². The quantitative estimate of drug-likeness (QED) is 0.873. The van der Waals surface area contributed by atoms with Crippen molar-refractivity contribution in [1.29, 1.82) is 0 Å². The molecule has 0 aromatic carbocycles. The minimum Gasteiger partial charge on any atom is -0.467 e. The lowest BCUT2D eigenvalue weighted by atomic mass is 9.93. The Morgan fingerprint density at radius 2 is 2.35 bits per heavy atom. The number of hydrogen-bond donors (Lipinski definition) is 1. The van der Waals surface area contributed by atoms with E-state index in [0.29, 0.717) is 6.42 Å². The van der Waals surface area contributed by atoms with Gasteiger partial charge in [0.15, 0.2) is 0 Å². The van der Waals surface area contributed by atoms with Gasteiger partial charge in [-0.15, -0.1) is 0 Å². The smallest absolute Gasteiger partial charge is 0.223 e. The Labute approximate surface area is 102 Å². The average Bonchev–Trinajstić information content (AvgIpc) is 2.71. The van der Waals surface area contributed by atoms with Crippen LogP contribution in [0.2, 0.25) is 0 Å². The highest BCUT2D eigenvalue weighted by molar-refractivity contribution is 5.77. The Morgan fingerprint density at radius 3 is 2.94 bits per heavy atom. The van der Waals surface area contributed by atoms with Gasteiger partial charge in [-0.25, -0.2) is 0 Å². The Balaban J connectivity index is 2.32. The first kappa shape index (κ1) is 12.2. The lowest BCUT2D eigenvalue weighted by molar-refractivity contribution is -0.138. The fourth-order valence-corrected chi connectivity index (χ4v) is 2.51. The van der Waals surface area contributed by atoms with Gasteiger partial charge in [-0.2, -0.15) is 0 Å². The van der Waals surface area contributed by atoms with Crippen LogP contribution in [0.3, 0.4) is 0 Å². The van der Waals surface area contributed by atoms with Crippen LogP contribution in [0.25, 0.3) is 0 Å². The predicted molar refractivity (Wildman–Crippen MR) is 65.4 cm³/mol. The summed E-state index contributed by atoms with van der Waals surface area (Å²) >= 11 is 0. The summed E-state index contributed by atoms with van der Waals surface area (Å²) in [6, 6.07) is 1.81. The van der Waals surface area contributed by atoms with Crippen molar-refractivity contribution in [1.82, 2.24) is 4.90 Å². The molecule has 0 saturated carbocycles. The molecule has 94 valence electrons. The Bertz CT molecular complexity index is 400. The Hall–Kier alpha value is -1.29. The molecule has 4 heteroatoms. The molecule has 2 heterocycles. The predicted octanol–water partition coefficient (Wildman–Crippen LogP) is 1.99. The third-order valence-corrected chi connectivity index (χ3v) is 3.39. The first-order valence-corrected chi connectivity index (χ1v) is 6.24. The van der Waals surface area contributed by atoms with E-state index in [9.17, 15) is 4.79 Å². The van der Waals surface area contributed by atoms with Crippen molar-refractivity contribution >= 4 is 5.91 Å². The number of amides is 1. The second kappa shape index (κ2) is 4.92. The van der Waals surface area contributed by atoms with Crippen LogP contribution in [-0.4, -0.2) is 23.4 Å². The highest BCUT2D eigenvalue weighted by Gasteiger charge is 2.36. The summed E-state index contributed by atoms with van der Waals surface area (Å²) < 4.78 is 5.53. The third-order valence-electron chi connectivity index (χ3n) is 3.39. The number of carbonyl (C=O) groups excluding carboxylic acids is 1. The van der Waals surface area contributed by atoms with Crippen LogP contribution in [0.4, 0.5) is 0 Å². The average molecular weight is 236 g/mol. The van der Waals surface area contributed by atoms with E-state index >= 15 is 0 Å². The maximum Gasteiger partial charge on any atom is 0.223 e. The molecule has 2 N–H and O–H groups in total. The molecule has 2 unspecified atom stereocenters. The van der Waals surface area contributed by atoms with Gasteiger partial charge in [-0.3, -0.25) is 4.79 Å². The van der Waals surface area contributed by atoms with Gasteiger partial charge in [0.2, 0.25) is 5.91 Å². The summed E-state index contributed by atoms with van der Waals surface area (Å²) in [6.45, 7) is 4.81. The molecule has 0 aliphatic carbocycles. The van der Waals surface area contributed by atoms with E-state index in [1.54, 1.807) is 6.26 Å². The molecule has 1 fully saturated rings. The van der Waals surface area contributed by atoms with Gasteiger partial charge in [0.25, 0.3) is 0 Å². The second-order valence-electron chi connectivity index (χ2n) is 4.70. The minimum absolute atomic E-state index is 0.0240. The third kappa shape index (κ3) is 2.22. The molecule has 2 atom stereocenters. The van der Waals surface area contributed by atoms with Crippen molar-refractivity contribution in [2.24, 2.45) is 5.73 Å². The van der Waals surface area contributed by atoms with E-state index in [4.69, 9.17) is 10.2 Å². The van der Waals surface area contributed by atoms with Gasteiger partial charge in [-0.05, 0) is 31.4 Å². The lowest BCUT2D eigenvalue weighted by Gasteiger charge is -2.38. The zero-order valence-corrected chi connectivity index (χ0v) is 10.5. The van der Waals surface area contributed by atoms with Gasteiger partial charge in [-0.1, -0.05) is 6.92 Å². The summed E-state index contributed by atoms with van der Waals surface area (Å²) in [5, 5.41) is 0. The Morgan fingerprint density at radius 1 is 1.59 bits per heavy atom. The zero-order valence-electron chi connectivity index (χ0n) is 10.5. The molecule has 1 aromatic rings. The standard InChI is InChI=1S/C13H20N2O2/c1-3-7-15-11(16)5-4-10(14)12(15)13-9(2)6-8-17-13/h6,8,10,12H,3-5,7,14H2,1-2H3. The van der Waals surface area contributed by atoms with Crippen molar-refractivity contribution in [3.63, 3.8) is 0 Å². The second-order valence-corrected chi connectivity index (χ2v) is 4.70. The van der Waals surface area contributed by atoms with E-state index in [0.717, 1.165) is 30.7 Å². The van der Waals surface area contributed by atoms with E-state index in [1.165, 1.54) is 0 Å². The molecule has 1 amide bonds. The SMILES string of the molecule is CCCN1C(=O)CCC(N)C1c1occc1C. The number of piperidine rings is 1. The fourth-order valence-electron chi connectivity index (χ4n) is 2.51. The number of nitrogens with zero attached hydrogens (tertiary/aromatic N) is 1. The van der Waals surface area contributed by atoms with Crippen LogP contribution in [0.1, 0.15) is 43.6 Å². The monoisotopic (exact) mass is 236 g/mol. The molecule has 1 aromatic heterocycles. The number of carbonyl (C=O) groups is 1. The number of hydrogen-bond acceptors (Lipinski definition) is 3. The minimum atomic E-state index is -0.0915. The maximum absolute atomic E-state index is 12.0. The van der Waals surface area contributed by atoms with Crippen LogP contribution in [0.5, 0.6) is 0 Å². The van der Waals surface area contributed by atoms with Crippen LogP contribution in [0.15, 0.2) is 16.7 Å². The lowest BCUT2D eigenvalue weighted by Crippen LogP contribution is -2.49. The number of likely N-dealkylation sites (tertiary alicyclic amines) is 1. The van der Waals surface area contributed by atoms with Crippen LogP contribution in [-0.2, 0) is 4.79 Å². The van der Waals surface area contributed by atoms with Crippen molar-refractivity contribution in [3.8, 4) is 0 Å². The molecule has 1 aliphatic rings. The van der Waals surface area contributed by atoms with Crippen LogP contribution in [0, 0.1) is 6.92 Å². The highest BCUT2D eigenvalue weighted by atomic mass is 16.3. The van der Waals surface area contributed by atoms with Crippen molar-refractivity contribution in [2.45, 2.75) is 45.2 Å². The number of nitrogens with two attached hydrogens (primary N) is 1. The van der Waals surface area contributed by atoms with E-state index in [2.05, 4.69) is 6.92 Å². The highest BCUT2D eigenvalue weighted by Crippen LogP contribution is 2.33. The molecule has 4 nitrogen and oxygen atoms in total. The molecular weight excluding hydrogens is 216 g/mol. The summed E-state index contributed by atoms with van der Waals surface area (Å²) in [4.78, 5) is 13.9. The molecule has 0 bridgehead atoms. The van der Waals surface area contributed by atoms with Gasteiger partial charge in [0.1, 0.15) is 11.8 Å². The topological polar surface area (TPSA) is 59.5 Å². The molecule has 2 rings (SSSR count). The first-order valence-electron chi connectivity index (χ1n) is 6.24. The molecule has 0 radical (unpaired) electrons. The summed E-state index contributed by atoms with van der Waals surface area (Å²) in [5.41, 5.74) is 7.24. The summed E-state index contributed by atoms with van der Waals surface area (Å²) in [6.07, 6.45) is 3.90. The number of aryl methyl sites for hydroxylation is 1. The van der Waals surface area contributed by atoms with Crippen molar-refractivity contribution in [2.75, 3.05) is 6.54 Å². The zero-order chi connectivity index (χ0) is 12.4. The Kier molecular flexibility index (Phi) is 3.52. The molecule has 1 aliphatic heterocycles. The largest absolute Gasteiger partial charge is 0.467 e. The molecule has 17 heavy (non-hydrogen) atoms.